The number of rotatable bonds is 1. The summed E-state index contributed by atoms with van der Waals surface area (Å²) in [5.41, 5.74) is 1.44. The largest absolute Gasteiger partial charge is 0.299 e. The maximum Gasteiger partial charge on any atom is 0.137 e. The number of ketones is 1. The Bertz CT molecular complexity index is 303. The minimum absolute atomic E-state index is 0.162. The standard InChI is InChI=1S/C13H18O/c1-10-6-5-9-13(7-3-4-8-13)12(10)11(2)14/h5-6,9,12H,3-4,7-8H2,1-2H3. The summed E-state index contributed by atoms with van der Waals surface area (Å²) in [5.74, 6) is 0.500. The molecule has 0 amide bonds. The molecule has 1 atom stereocenters. The van der Waals surface area contributed by atoms with E-state index in [1.807, 2.05) is 0 Å². The van der Waals surface area contributed by atoms with Crippen molar-refractivity contribution < 1.29 is 4.79 Å². The zero-order valence-corrected chi connectivity index (χ0v) is 9.05. The topological polar surface area (TPSA) is 17.1 Å². The first-order chi connectivity index (χ1) is 6.66. The van der Waals surface area contributed by atoms with E-state index in [9.17, 15) is 4.79 Å². The van der Waals surface area contributed by atoms with Crippen LogP contribution < -0.4 is 0 Å². The van der Waals surface area contributed by atoms with E-state index < -0.39 is 0 Å². The molecule has 0 aliphatic heterocycles. The first kappa shape index (κ1) is 9.70. The SMILES string of the molecule is CC(=O)C1C(C)=CC=CC12CCCC2. The molecule has 14 heavy (non-hydrogen) atoms. The quantitative estimate of drug-likeness (QED) is 0.620. The second-order valence-corrected chi connectivity index (χ2v) is 4.75. The van der Waals surface area contributed by atoms with Crippen molar-refractivity contribution in [3.05, 3.63) is 23.8 Å². The summed E-state index contributed by atoms with van der Waals surface area (Å²) in [4.78, 5) is 11.7. The lowest BCUT2D eigenvalue weighted by Crippen LogP contribution is -2.33. The zero-order valence-electron chi connectivity index (χ0n) is 9.05. The monoisotopic (exact) mass is 190 g/mol. The summed E-state index contributed by atoms with van der Waals surface area (Å²) < 4.78 is 0. The molecular weight excluding hydrogens is 172 g/mol. The number of hydrogen-bond donors (Lipinski definition) is 0. The molecule has 0 saturated heterocycles. The molecule has 1 nitrogen and oxygen atoms in total. The lowest BCUT2D eigenvalue weighted by atomic mass is 9.67. The summed E-state index contributed by atoms with van der Waals surface area (Å²) in [6, 6.07) is 0. The molecule has 0 heterocycles. The van der Waals surface area contributed by atoms with E-state index in [0.29, 0.717) is 5.78 Å². The van der Waals surface area contributed by atoms with Gasteiger partial charge in [0.15, 0.2) is 0 Å². The molecule has 0 bridgehead atoms. The first-order valence-electron chi connectivity index (χ1n) is 5.52. The van der Waals surface area contributed by atoms with E-state index in [4.69, 9.17) is 0 Å². The summed E-state index contributed by atoms with van der Waals surface area (Å²) in [7, 11) is 0. The Labute approximate surface area is 85.9 Å². The van der Waals surface area contributed by atoms with Gasteiger partial charge in [0.2, 0.25) is 0 Å². The van der Waals surface area contributed by atoms with Crippen LogP contribution >= 0.6 is 0 Å². The van der Waals surface area contributed by atoms with E-state index in [2.05, 4.69) is 25.2 Å². The van der Waals surface area contributed by atoms with Crippen LogP contribution in [-0.4, -0.2) is 5.78 Å². The molecule has 2 rings (SSSR count). The van der Waals surface area contributed by atoms with Gasteiger partial charge in [0.05, 0.1) is 0 Å². The molecule has 0 aromatic carbocycles. The van der Waals surface area contributed by atoms with E-state index in [-0.39, 0.29) is 11.3 Å². The highest BCUT2D eigenvalue weighted by molar-refractivity contribution is 5.83. The molecular formula is C13H18O. The van der Waals surface area contributed by atoms with Crippen molar-refractivity contribution in [2.24, 2.45) is 11.3 Å². The van der Waals surface area contributed by atoms with E-state index in [1.165, 1.54) is 31.3 Å². The normalized spacial score (nSPS) is 29.3. The molecule has 1 saturated carbocycles. The number of carbonyl (C=O) groups is 1. The van der Waals surface area contributed by atoms with Crippen LogP contribution in [0.15, 0.2) is 23.8 Å². The predicted octanol–water partition coefficient (Wildman–Crippen LogP) is 3.27. The van der Waals surface area contributed by atoms with Crippen molar-refractivity contribution in [3.63, 3.8) is 0 Å². The summed E-state index contributed by atoms with van der Waals surface area (Å²) in [5, 5.41) is 0. The summed E-state index contributed by atoms with van der Waals surface area (Å²) >= 11 is 0. The Hall–Kier alpha value is -0.850. The molecule has 2 aliphatic rings. The minimum atomic E-state index is 0.162. The summed E-state index contributed by atoms with van der Waals surface area (Å²) in [6.07, 6.45) is 11.5. The number of allylic oxidation sites excluding steroid dienone is 4. The van der Waals surface area contributed by atoms with Crippen LogP contribution in [0.4, 0.5) is 0 Å². The molecule has 2 aliphatic carbocycles. The fraction of sp³-hybridized carbons (Fsp3) is 0.615. The van der Waals surface area contributed by atoms with Crippen LogP contribution in [0.5, 0.6) is 0 Å². The molecule has 76 valence electrons. The van der Waals surface area contributed by atoms with Crippen LogP contribution in [-0.2, 0) is 4.79 Å². The maximum absolute atomic E-state index is 11.7. The van der Waals surface area contributed by atoms with Crippen molar-refractivity contribution in [3.8, 4) is 0 Å². The van der Waals surface area contributed by atoms with Gasteiger partial charge in [-0.1, -0.05) is 36.6 Å². The Morgan fingerprint density at radius 3 is 2.64 bits per heavy atom. The highest BCUT2D eigenvalue weighted by Gasteiger charge is 2.43. The highest BCUT2D eigenvalue weighted by atomic mass is 16.1. The third kappa shape index (κ3) is 1.35. The average Bonchev–Trinajstić information content (AvgIpc) is 2.53. The van der Waals surface area contributed by atoms with Gasteiger partial charge in [-0.3, -0.25) is 4.79 Å². The fourth-order valence-electron chi connectivity index (χ4n) is 3.25. The van der Waals surface area contributed by atoms with E-state index in [1.54, 1.807) is 6.92 Å². The molecule has 1 unspecified atom stereocenters. The van der Waals surface area contributed by atoms with Crippen LogP contribution in [0.25, 0.3) is 0 Å². The molecule has 0 aromatic rings. The highest BCUT2D eigenvalue weighted by Crippen LogP contribution is 2.50. The van der Waals surface area contributed by atoms with E-state index in [0.717, 1.165) is 0 Å². The predicted molar refractivity (Wildman–Crippen MR) is 58.0 cm³/mol. The van der Waals surface area contributed by atoms with Crippen LogP contribution in [0.2, 0.25) is 0 Å². The van der Waals surface area contributed by atoms with Gasteiger partial charge in [0.1, 0.15) is 5.78 Å². The summed E-state index contributed by atoms with van der Waals surface area (Å²) in [6.45, 7) is 3.83. The molecule has 0 N–H and O–H groups in total. The van der Waals surface area contributed by atoms with Gasteiger partial charge >= 0.3 is 0 Å². The minimum Gasteiger partial charge on any atom is -0.299 e. The lowest BCUT2D eigenvalue weighted by molar-refractivity contribution is -0.122. The van der Waals surface area contributed by atoms with Gasteiger partial charge in [0.25, 0.3) is 0 Å². The van der Waals surface area contributed by atoms with Gasteiger partial charge in [-0.25, -0.2) is 0 Å². The second kappa shape index (κ2) is 3.38. The Balaban J connectivity index is 2.36. The molecule has 1 fully saturated rings. The zero-order chi connectivity index (χ0) is 10.2. The van der Waals surface area contributed by atoms with Gasteiger partial charge in [-0.05, 0) is 26.7 Å². The average molecular weight is 190 g/mol. The smallest absolute Gasteiger partial charge is 0.137 e. The number of Topliss-reactive ketones (excluding diaryl/α,β-unsaturated/α-hetero) is 1. The molecule has 0 radical (unpaired) electrons. The Morgan fingerprint density at radius 1 is 1.43 bits per heavy atom. The van der Waals surface area contributed by atoms with Gasteiger partial charge in [-0.15, -0.1) is 0 Å². The molecule has 0 aromatic heterocycles. The van der Waals surface area contributed by atoms with Crippen LogP contribution in [0.1, 0.15) is 39.5 Å². The van der Waals surface area contributed by atoms with Crippen molar-refractivity contribution in [2.45, 2.75) is 39.5 Å². The number of hydrogen-bond acceptors (Lipinski definition) is 1. The third-order valence-corrected chi connectivity index (χ3v) is 3.76. The Morgan fingerprint density at radius 2 is 2.07 bits per heavy atom. The number of carbonyl (C=O) groups excluding carboxylic acids is 1. The molecule has 1 heteroatoms. The van der Waals surface area contributed by atoms with Crippen LogP contribution in [0, 0.1) is 11.3 Å². The second-order valence-electron chi connectivity index (χ2n) is 4.75. The van der Waals surface area contributed by atoms with Crippen molar-refractivity contribution >= 4 is 5.78 Å². The maximum atomic E-state index is 11.7. The lowest BCUT2D eigenvalue weighted by Gasteiger charge is -2.36. The first-order valence-corrected chi connectivity index (χ1v) is 5.52. The van der Waals surface area contributed by atoms with Gasteiger partial charge < -0.3 is 0 Å². The Kier molecular flexibility index (Phi) is 2.34. The van der Waals surface area contributed by atoms with Crippen molar-refractivity contribution in [2.75, 3.05) is 0 Å². The van der Waals surface area contributed by atoms with Crippen molar-refractivity contribution in [1.82, 2.24) is 0 Å². The third-order valence-electron chi connectivity index (χ3n) is 3.76. The fourth-order valence-corrected chi connectivity index (χ4v) is 3.25. The van der Waals surface area contributed by atoms with Gasteiger partial charge in [0, 0.05) is 11.3 Å². The van der Waals surface area contributed by atoms with Crippen molar-refractivity contribution in [1.29, 1.82) is 0 Å². The molecule has 1 spiro atoms. The van der Waals surface area contributed by atoms with Gasteiger partial charge in [-0.2, -0.15) is 0 Å². The van der Waals surface area contributed by atoms with E-state index >= 15 is 0 Å². The van der Waals surface area contributed by atoms with Crippen LogP contribution in [0.3, 0.4) is 0 Å².